The summed E-state index contributed by atoms with van der Waals surface area (Å²) < 4.78 is 27.6. The quantitative estimate of drug-likeness (QED) is 0.511. The van der Waals surface area contributed by atoms with Gasteiger partial charge in [-0.15, -0.1) is 0 Å². The molecule has 0 saturated carbocycles. The van der Waals surface area contributed by atoms with E-state index in [-0.39, 0.29) is 16.8 Å². The van der Waals surface area contributed by atoms with Crippen molar-refractivity contribution >= 4 is 27.0 Å². The zero-order chi connectivity index (χ0) is 22.8. The van der Waals surface area contributed by atoms with E-state index in [1.807, 2.05) is 24.3 Å². The number of nitrogens with one attached hydrogen (secondary N) is 3. The monoisotopic (exact) mass is 442 g/mol. The van der Waals surface area contributed by atoms with Gasteiger partial charge in [0, 0.05) is 11.1 Å². The van der Waals surface area contributed by atoms with Crippen LogP contribution in [-0.4, -0.2) is 29.8 Å². The number of nitrogens with zero attached hydrogens (tertiary/aromatic N) is 1. The van der Waals surface area contributed by atoms with Crippen molar-refractivity contribution < 1.29 is 13.2 Å². The number of carbonyl (C=O) groups is 1. The van der Waals surface area contributed by atoms with Crippen LogP contribution in [0.1, 0.15) is 63.3 Å². The predicted molar refractivity (Wildman–Crippen MR) is 122 cm³/mol. The van der Waals surface area contributed by atoms with Crippen molar-refractivity contribution in [3.8, 4) is 0 Å². The standard InChI is InChI=1S/C23H30N4O3S/c1-15(2)14-20(21-24-18-8-6-7-9-19(18)25-21)26-22(28)16-10-12-17(13-11-16)31(29,30)27-23(3,4)5/h6-13,15,20,27H,14H2,1-5H3,(H,24,25)(H,26,28). The van der Waals surface area contributed by atoms with E-state index >= 15 is 0 Å². The number of fused-ring (bicyclic) bond motifs is 1. The number of imidazole rings is 1. The third-order valence-electron chi connectivity index (χ3n) is 4.62. The number of benzene rings is 2. The fourth-order valence-electron chi connectivity index (χ4n) is 3.34. The highest BCUT2D eigenvalue weighted by Gasteiger charge is 2.23. The normalized spacial score (nSPS) is 13.5. The van der Waals surface area contributed by atoms with Crippen LogP contribution < -0.4 is 10.0 Å². The number of carbonyl (C=O) groups excluding carboxylic acids is 1. The molecular formula is C23H30N4O3S. The zero-order valence-corrected chi connectivity index (χ0v) is 19.4. The Morgan fingerprint density at radius 2 is 1.71 bits per heavy atom. The van der Waals surface area contributed by atoms with Gasteiger partial charge >= 0.3 is 0 Å². The van der Waals surface area contributed by atoms with Gasteiger partial charge in [0.15, 0.2) is 0 Å². The molecule has 166 valence electrons. The van der Waals surface area contributed by atoms with Crippen molar-refractivity contribution in [3.63, 3.8) is 0 Å². The average Bonchev–Trinajstić information content (AvgIpc) is 3.09. The molecule has 3 aromatic rings. The minimum absolute atomic E-state index is 0.120. The van der Waals surface area contributed by atoms with Crippen LogP contribution in [-0.2, 0) is 10.0 Å². The molecule has 2 aromatic carbocycles. The number of hydrogen-bond acceptors (Lipinski definition) is 4. The van der Waals surface area contributed by atoms with Crippen LogP contribution in [0.2, 0.25) is 0 Å². The summed E-state index contributed by atoms with van der Waals surface area (Å²) in [6.07, 6.45) is 0.716. The number of hydrogen-bond donors (Lipinski definition) is 3. The largest absolute Gasteiger partial charge is 0.342 e. The topological polar surface area (TPSA) is 104 Å². The van der Waals surface area contributed by atoms with Gasteiger partial charge in [0.25, 0.3) is 5.91 Å². The number of aromatic amines is 1. The molecule has 7 nitrogen and oxygen atoms in total. The van der Waals surface area contributed by atoms with E-state index in [1.54, 1.807) is 20.8 Å². The van der Waals surface area contributed by atoms with Gasteiger partial charge in [0.05, 0.1) is 22.0 Å². The molecule has 0 saturated heterocycles. The lowest BCUT2D eigenvalue weighted by molar-refractivity contribution is 0.0930. The van der Waals surface area contributed by atoms with Crippen molar-refractivity contribution in [1.29, 1.82) is 0 Å². The Morgan fingerprint density at radius 1 is 1.06 bits per heavy atom. The summed E-state index contributed by atoms with van der Waals surface area (Å²) in [6, 6.07) is 13.4. The maximum atomic E-state index is 12.9. The lowest BCUT2D eigenvalue weighted by Gasteiger charge is -2.20. The molecule has 8 heteroatoms. The van der Waals surface area contributed by atoms with Crippen molar-refractivity contribution in [2.24, 2.45) is 5.92 Å². The van der Waals surface area contributed by atoms with Crippen molar-refractivity contribution in [3.05, 3.63) is 59.9 Å². The molecule has 1 heterocycles. The molecule has 1 atom stereocenters. The number of H-pyrrole nitrogens is 1. The number of aromatic nitrogens is 2. The van der Waals surface area contributed by atoms with Crippen molar-refractivity contribution in [1.82, 2.24) is 20.0 Å². The second kappa shape index (κ2) is 8.80. The molecule has 1 aromatic heterocycles. The summed E-state index contributed by atoms with van der Waals surface area (Å²) in [5, 5.41) is 3.04. The van der Waals surface area contributed by atoms with E-state index in [4.69, 9.17) is 0 Å². The molecule has 3 N–H and O–H groups in total. The summed E-state index contributed by atoms with van der Waals surface area (Å²) >= 11 is 0. The highest BCUT2D eigenvalue weighted by atomic mass is 32.2. The first-order chi connectivity index (χ1) is 14.4. The Hall–Kier alpha value is -2.71. The number of sulfonamides is 1. The van der Waals surface area contributed by atoms with Gasteiger partial charge in [-0.25, -0.2) is 18.1 Å². The first-order valence-electron chi connectivity index (χ1n) is 10.3. The maximum absolute atomic E-state index is 12.9. The summed E-state index contributed by atoms with van der Waals surface area (Å²) in [4.78, 5) is 20.9. The fraction of sp³-hybridized carbons (Fsp3) is 0.391. The van der Waals surface area contributed by atoms with Gasteiger partial charge in [-0.05, 0) is 69.5 Å². The molecule has 0 radical (unpaired) electrons. The highest BCUT2D eigenvalue weighted by Crippen LogP contribution is 2.23. The van der Waals surface area contributed by atoms with Gasteiger partial charge < -0.3 is 10.3 Å². The Morgan fingerprint density at radius 3 is 2.29 bits per heavy atom. The Kier molecular flexibility index (Phi) is 6.52. The Balaban J connectivity index is 1.80. The van der Waals surface area contributed by atoms with Gasteiger partial charge in [-0.3, -0.25) is 4.79 Å². The van der Waals surface area contributed by atoms with Crippen LogP contribution in [0.15, 0.2) is 53.4 Å². The average molecular weight is 443 g/mol. The first kappa shape index (κ1) is 23.0. The lowest BCUT2D eigenvalue weighted by atomic mass is 10.0. The Labute approximate surface area is 183 Å². The van der Waals surface area contributed by atoms with Crippen LogP contribution in [0.5, 0.6) is 0 Å². The third kappa shape index (κ3) is 5.92. The maximum Gasteiger partial charge on any atom is 0.251 e. The second-order valence-corrected chi connectivity index (χ2v) is 10.9. The molecule has 1 amide bonds. The van der Waals surface area contributed by atoms with E-state index in [1.165, 1.54) is 24.3 Å². The Bertz CT molecular complexity index is 1130. The van der Waals surface area contributed by atoms with Crippen LogP contribution >= 0.6 is 0 Å². The molecule has 0 fully saturated rings. The van der Waals surface area contributed by atoms with Crippen LogP contribution in [0.4, 0.5) is 0 Å². The first-order valence-corrected chi connectivity index (χ1v) is 11.8. The van der Waals surface area contributed by atoms with Crippen molar-refractivity contribution in [2.75, 3.05) is 0 Å². The van der Waals surface area contributed by atoms with Gasteiger partial charge in [0.2, 0.25) is 10.0 Å². The smallest absolute Gasteiger partial charge is 0.251 e. The predicted octanol–water partition coefficient (Wildman–Crippen LogP) is 4.16. The molecule has 1 unspecified atom stereocenters. The van der Waals surface area contributed by atoms with Gasteiger partial charge in [-0.2, -0.15) is 0 Å². The highest BCUT2D eigenvalue weighted by molar-refractivity contribution is 7.89. The van der Waals surface area contributed by atoms with E-state index in [0.29, 0.717) is 23.7 Å². The number of para-hydroxylation sites is 2. The van der Waals surface area contributed by atoms with Crippen LogP contribution in [0.25, 0.3) is 11.0 Å². The molecule has 31 heavy (non-hydrogen) atoms. The molecular weight excluding hydrogens is 412 g/mol. The molecule has 0 aliphatic carbocycles. The SMILES string of the molecule is CC(C)CC(NC(=O)c1ccc(S(=O)(=O)NC(C)(C)C)cc1)c1nc2ccccc2[nH]1. The molecule has 0 spiro atoms. The minimum atomic E-state index is -3.65. The van der Waals surface area contributed by atoms with Gasteiger partial charge in [0.1, 0.15) is 5.82 Å². The van der Waals surface area contributed by atoms with E-state index in [2.05, 4.69) is 33.9 Å². The van der Waals surface area contributed by atoms with Gasteiger partial charge in [-0.1, -0.05) is 26.0 Å². The van der Waals surface area contributed by atoms with E-state index < -0.39 is 15.6 Å². The second-order valence-electron chi connectivity index (χ2n) is 9.17. The summed E-state index contributed by atoms with van der Waals surface area (Å²) in [7, 11) is -3.65. The lowest BCUT2D eigenvalue weighted by Crippen LogP contribution is -2.40. The number of amides is 1. The summed E-state index contributed by atoms with van der Waals surface area (Å²) in [5.74, 6) is 0.769. The fourth-order valence-corrected chi connectivity index (χ4v) is 4.76. The number of rotatable bonds is 7. The van der Waals surface area contributed by atoms with E-state index in [0.717, 1.165) is 11.0 Å². The summed E-state index contributed by atoms with van der Waals surface area (Å²) in [6.45, 7) is 9.51. The molecule has 0 bridgehead atoms. The zero-order valence-electron chi connectivity index (χ0n) is 18.6. The molecule has 0 aliphatic heterocycles. The summed E-state index contributed by atoms with van der Waals surface area (Å²) in [5.41, 5.74) is 1.56. The van der Waals surface area contributed by atoms with E-state index in [9.17, 15) is 13.2 Å². The third-order valence-corrected chi connectivity index (χ3v) is 6.39. The minimum Gasteiger partial charge on any atom is -0.342 e. The molecule has 0 aliphatic rings. The molecule has 3 rings (SSSR count). The van der Waals surface area contributed by atoms with Crippen LogP contribution in [0, 0.1) is 5.92 Å². The van der Waals surface area contributed by atoms with Crippen molar-refractivity contribution in [2.45, 2.75) is 57.5 Å². The van der Waals surface area contributed by atoms with Crippen LogP contribution in [0.3, 0.4) is 0 Å².